The minimum atomic E-state index is -4.82. The lowest BCUT2D eigenvalue weighted by Gasteiger charge is -2.24. The van der Waals surface area contributed by atoms with Gasteiger partial charge in [0.25, 0.3) is 10.0 Å². The quantitative estimate of drug-likeness (QED) is 0.841. The van der Waals surface area contributed by atoms with Gasteiger partial charge in [-0.1, -0.05) is 29.8 Å². The van der Waals surface area contributed by atoms with Crippen LogP contribution in [-0.4, -0.2) is 26.0 Å². The van der Waals surface area contributed by atoms with Crippen molar-refractivity contribution >= 4 is 33.3 Å². The summed E-state index contributed by atoms with van der Waals surface area (Å²) in [6, 6.07) is 9.19. The van der Waals surface area contributed by atoms with Gasteiger partial charge in [0.05, 0.1) is 21.2 Å². The third-order valence-corrected chi connectivity index (χ3v) is 5.27. The van der Waals surface area contributed by atoms with Crippen molar-refractivity contribution < 1.29 is 31.5 Å². The van der Waals surface area contributed by atoms with Gasteiger partial charge in [0.1, 0.15) is 6.54 Å². The van der Waals surface area contributed by atoms with E-state index in [-0.39, 0.29) is 4.90 Å². The molecule has 2 aromatic carbocycles. The monoisotopic (exact) mass is 393 g/mol. The summed E-state index contributed by atoms with van der Waals surface area (Å²) in [6.07, 6.45) is -4.82. The Hall–Kier alpha value is -2.26. The maximum absolute atomic E-state index is 13.0. The average molecular weight is 394 g/mol. The Morgan fingerprint density at radius 1 is 1.12 bits per heavy atom. The van der Waals surface area contributed by atoms with Crippen molar-refractivity contribution in [3.05, 3.63) is 59.1 Å². The third-order valence-electron chi connectivity index (χ3n) is 3.15. The Bertz CT molecular complexity index is 885. The van der Waals surface area contributed by atoms with Gasteiger partial charge < -0.3 is 5.11 Å². The van der Waals surface area contributed by atoms with Crippen molar-refractivity contribution in [3.8, 4) is 0 Å². The Morgan fingerprint density at radius 2 is 1.72 bits per heavy atom. The zero-order chi connectivity index (χ0) is 18.8. The molecule has 0 aromatic heterocycles. The molecule has 10 heteroatoms. The van der Waals surface area contributed by atoms with Gasteiger partial charge in [0, 0.05) is 0 Å². The average Bonchev–Trinajstić information content (AvgIpc) is 2.53. The Balaban J connectivity index is 2.62. The summed E-state index contributed by atoms with van der Waals surface area (Å²) >= 11 is 5.52. The normalized spacial score (nSPS) is 12.0. The third kappa shape index (κ3) is 4.23. The van der Waals surface area contributed by atoms with Crippen molar-refractivity contribution in [1.29, 1.82) is 0 Å². The van der Waals surface area contributed by atoms with E-state index in [2.05, 4.69) is 0 Å². The van der Waals surface area contributed by atoms with Gasteiger partial charge in [0.2, 0.25) is 0 Å². The summed E-state index contributed by atoms with van der Waals surface area (Å²) < 4.78 is 64.7. The van der Waals surface area contributed by atoms with Crippen LogP contribution in [-0.2, 0) is 21.0 Å². The molecule has 2 aromatic rings. The molecule has 0 aliphatic carbocycles. The zero-order valence-electron chi connectivity index (χ0n) is 12.4. The number of hydrogen-bond acceptors (Lipinski definition) is 3. The summed E-state index contributed by atoms with van der Waals surface area (Å²) in [7, 11) is -4.38. The number of aliphatic carboxylic acids is 1. The topological polar surface area (TPSA) is 74.7 Å². The second-order valence-electron chi connectivity index (χ2n) is 4.88. The fraction of sp³-hybridized carbons (Fsp3) is 0.133. The Kier molecular flexibility index (Phi) is 5.28. The van der Waals surface area contributed by atoms with Crippen molar-refractivity contribution in [2.45, 2.75) is 11.1 Å². The maximum Gasteiger partial charge on any atom is 0.417 e. The van der Waals surface area contributed by atoms with Crippen LogP contribution < -0.4 is 4.31 Å². The number of sulfonamides is 1. The van der Waals surface area contributed by atoms with Crippen LogP contribution in [0, 0.1) is 0 Å². The summed E-state index contributed by atoms with van der Waals surface area (Å²) in [5.74, 6) is -1.52. The number of rotatable bonds is 5. The summed E-state index contributed by atoms with van der Waals surface area (Å²) in [5, 5.41) is 8.36. The molecule has 0 unspecified atom stereocenters. The number of halogens is 4. The standard InChI is InChI=1S/C15H11ClF3NO4S/c16-13-7-6-10(8-12(13)15(17,18)19)20(9-14(21)22)25(23,24)11-4-2-1-3-5-11/h1-8H,9H2,(H,21,22). The first-order valence-electron chi connectivity index (χ1n) is 6.70. The van der Waals surface area contributed by atoms with Crippen LogP contribution in [0.4, 0.5) is 18.9 Å². The first-order chi connectivity index (χ1) is 11.5. The minimum absolute atomic E-state index is 0.250. The van der Waals surface area contributed by atoms with E-state index in [4.69, 9.17) is 16.7 Å². The van der Waals surface area contributed by atoms with Crippen LogP contribution in [0.5, 0.6) is 0 Å². The van der Waals surface area contributed by atoms with Gasteiger partial charge in [-0.2, -0.15) is 13.2 Å². The molecule has 5 nitrogen and oxygen atoms in total. The fourth-order valence-electron chi connectivity index (χ4n) is 2.04. The van der Waals surface area contributed by atoms with E-state index < -0.39 is 45.0 Å². The van der Waals surface area contributed by atoms with E-state index in [1.165, 1.54) is 24.3 Å². The lowest BCUT2D eigenvalue weighted by Crippen LogP contribution is -2.36. The molecule has 1 N–H and O–H groups in total. The number of anilines is 1. The molecule has 0 fully saturated rings. The highest BCUT2D eigenvalue weighted by Gasteiger charge is 2.35. The second kappa shape index (κ2) is 6.93. The molecular weight excluding hydrogens is 383 g/mol. The molecule has 0 spiro atoms. The van der Waals surface area contributed by atoms with Crippen LogP contribution in [0.25, 0.3) is 0 Å². The SMILES string of the molecule is O=C(O)CN(c1ccc(Cl)c(C(F)(F)F)c1)S(=O)(=O)c1ccccc1. The van der Waals surface area contributed by atoms with Gasteiger partial charge in [-0.05, 0) is 30.3 Å². The molecule has 0 bridgehead atoms. The summed E-state index contributed by atoms with van der Waals surface area (Å²) in [5.41, 5.74) is -1.71. The van der Waals surface area contributed by atoms with Crippen LogP contribution in [0.2, 0.25) is 5.02 Å². The molecule has 0 radical (unpaired) electrons. The molecule has 0 atom stereocenters. The Labute approximate surface area is 146 Å². The molecule has 25 heavy (non-hydrogen) atoms. The van der Waals surface area contributed by atoms with Crippen LogP contribution in [0.1, 0.15) is 5.56 Å². The largest absolute Gasteiger partial charge is 0.480 e. The van der Waals surface area contributed by atoms with E-state index in [0.717, 1.165) is 12.1 Å². The second-order valence-corrected chi connectivity index (χ2v) is 7.15. The van der Waals surface area contributed by atoms with Crippen molar-refractivity contribution in [1.82, 2.24) is 0 Å². The molecular formula is C15H11ClF3NO4S. The first kappa shape index (κ1) is 19.1. The lowest BCUT2D eigenvalue weighted by atomic mass is 10.2. The van der Waals surface area contributed by atoms with Gasteiger partial charge in [-0.3, -0.25) is 9.10 Å². The molecule has 0 aliphatic rings. The highest BCUT2D eigenvalue weighted by molar-refractivity contribution is 7.92. The number of alkyl halides is 3. The predicted molar refractivity (Wildman–Crippen MR) is 85.1 cm³/mol. The van der Waals surface area contributed by atoms with E-state index in [9.17, 15) is 26.4 Å². The molecule has 0 aliphatic heterocycles. The van der Waals surface area contributed by atoms with Crippen LogP contribution in [0.15, 0.2) is 53.4 Å². The van der Waals surface area contributed by atoms with Gasteiger partial charge in [-0.15, -0.1) is 0 Å². The van der Waals surface area contributed by atoms with E-state index in [1.54, 1.807) is 6.07 Å². The van der Waals surface area contributed by atoms with Crippen LogP contribution >= 0.6 is 11.6 Å². The van der Waals surface area contributed by atoms with Gasteiger partial charge in [0.15, 0.2) is 0 Å². The lowest BCUT2D eigenvalue weighted by molar-refractivity contribution is -0.137. The number of carboxylic acid groups (broad SMARTS) is 1. The highest BCUT2D eigenvalue weighted by atomic mass is 35.5. The molecule has 2 rings (SSSR count). The van der Waals surface area contributed by atoms with Gasteiger partial charge in [-0.25, -0.2) is 8.42 Å². The predicted octanol–water partition coefficient (Wildman–Crippen LogP) is 3.64. The zero-order valence-corrected chi connectivity index (χ0v) is 13.9. The molecule has 0 heterocycles. The van der Waals surface area contributed by atoms with Crippen LogP contribution in [0.3, 0.4) is 0 Å². The van der Waals surface area contributed by atoms with E-state index >= 15 is 0 Å². The summed E-state index contributed by atoms with van der Waals surface area (Å²) in [6.45, 7) is -1.05. The summed E-state index contributed by atoms with van der Waals surface area (Å²) in [4.78, 5) is 10.8. The fourth-order valence-corrected chi connectivity index (χ4v) is 3.69. The molecule has 0 saturated carbocycles. The minimum Gasteiger partial charge on any atom is -0.480 e. The van der Waals surface area contributed by atoms with E-state index in [0.29, 0.717) is 10.4 Å². The van der Waals surface area contributed by atoms with Crippen molar-refractivity contribution in [2.75, 3.05) is 10.8 Å². The number of carboxylic acids is 1. The van der Waals surface area contributed by atoms with Gasteiger partial charge >= 0.3 is 12.1 Å². The smallest absolute Gasteiger partial charge is 0.417 e. The molecule has 0 saturated heterocycles. The van der Waals surface area contributed by atoms with Crippen molar-refractivity contribution in [2.24, 2.45) is 0 Å². The number of benzene rings is 2. The maximum atomic E-state index is 13.0. The van der Waals surface area contributed by atoms with Crippen molar-refractivity contribution in [3.63, 3.8) is 0 Å². The Morgan fingerprint density at radius 3 is 2.24 bits per heavy atom. The van der Waals surface area contributed by atoms with E-state index in [1.807, 2.05) is 0 Å². The molecule has 134 valence electrons. The number of hydrogen-bond donors (Lipinski definition) is 1. The highest BCUT2D eigenvalue weighted by Crippen LogP contribution is 2.37. The number of carbonyl (C=O) groups is 1. The molecule has 0 amide bonds. The number of nitrogens with zero attached hydrogens (tertiary/aromatic N) is 1. The first-order valence-corrected chi connectivity index (χ1v) is 8.51.